The molecule has 0 unspecified atom stereocenters. The van der Waals surface area contributed by atoms with Gasteiger partial charge in [-0.1, -0.05) is 48.4 Å². The van der Waals surface area contributed by atoms with E-state index in [9.17, 15) is 31.2 Å². The quantitative estimate of drug-likeness (QED) is 0.251. The molecule has 13 heteroatoms. The fourth-order valence-electron chi connectivity index (χ4n) is 4.23. The van der Waals surface area contributed by atoms with Crippen molar-refractivity contribution in [3.63, 3.8) is 0 Å². The molecule has 3 rings (SSSR count). The predicted molar refractivity (Wildman–Crippen MR) is 163 cm³/mol. The van der Waals surface area contributed by atoms with Gasteiger partial charge in [0.2, 0.25) is 11.8 Å². The molecule has 8 nitrogen and oxygen atoms in total. The molecule has 1 N–H and O–H groups in total. The Morgan fingerprint density at radius 2 is 1.61 bits per heavy atom. The van der Waals surface area contributed by atoms with Gasteiger partial charge in [-0.15, -0.1) is 0 Å². The lowest BCUT2D eigenvalue weighted by Crippen LogP contribution is -2.52. The normalized spacial score (nSPS) is 13.1. The highest BCUT2D eigenvalue weighted by Gasteiger charge is 2.37. The lowest BCUT2D eigenvalue weighted by atomic mass is 10.1. The minimum absolute atomic E-state index is 0.0925. The number of ether oxygens (including phenoxy) is 1. The highest BCUT2D eigenvalue weighted by Crippen LogP contribution is 2.38. The third-order valence-electron chi connectivity index (χ3n) is 7.11. The third-order valence-corrected chi connectivity index (χ3v) is 9.23. The Labute approximate surface area is 260 Å². The molecule has 238 valence electrons. The van der Waals surface area contributed by atoms with Crippen LogP contribution >= 0.6 is 11.6 Å². The molecule has 0 aromatic heterocycles. The largest absolute Gasteiger partial charge is 0.497 e. The summed E-state index contributed by atoms with van der Waals surface area (Å²) in [6, 6.07) is 13.8. The average molecular weight is 654 g/mol. The molecular weight excluding hydrogens is 619 g/mol. The summed E-state index contributed by atoms with van der Waals surface area (Å²) in [7, 11) is -3.07. The van der Waals surface area contributed by atoms with Crippen LogP contribution in [0.15, 0.2) is 71.6 Å². The van der Waals surface area contributed by atoms with Crippen molar-refractivity contribution in [3.05, 3.63) is 88.4 Å². The van der Waals surface area contributed by atoms with E-state index in [1.54, 1.807) is 38.1 Å². The van der Waals surface area contributed by atoms with Gasteiger partial charge < -0.3 is 15.0 Å². The second-order valence-electron chi connectivity index (χ2n) is 10.4. The second kappa shape index (κ2) is 14.3. The van der Waals surface area contributed by atoms with E-state index in [-0.39, 0.29) is 17.5 Å². The Balaban J connectivity index is 2.11. The summed E-state index contributed by atoms with van der Waals surface area (Å²) < 4.78 is 75.0. The summed E-state index contributed by atoms with van der Waals surface area (Å²) in [5.74, 6) is -0.723. The van der Waals surface area contributed by atoms with Gasteiger partial charge in [0.05, 0.1) is 28.3 Å². The molecule has 2 atom stereocenters. The van der Waals surface area contributed by atoms with Gasteiger partial charge in [0.25, 0.3) is 10.0 Å². The number of carbonyl (C=O) groups is 2. The van der Waals surface area contributed by atoms with E-state index in [4.69, 9.17) is 16.3 Å². The molecule has 0 fully saturated rings. The Morgan fingerprint density at radius 3 is 2.16 bits per heavy atom. The lowest BCUT2D eigenvalue weighted by molar-refractivity contribution is -0.139. The van der Waals surface area contributed by atoms with Crippen molar-refractivity contribution in [2.45, 2.75) is 63.8 Å². The first-order valence-corrected chi connectivity index (χ1v) is 15.6. The molecular formula is C31H35ClF3N3O5S. The number of halogens is 4. The molecule has 44 heavy (non-hydrogen) atoms. The zero-order valence-electron chi connectivity index (χ0n) is 25.0. The molecule has 0 radical (unpaired) electrons. The summed E-state index contributed by atoms with van der Waals surface area (Å²) in [6.07, 6.45) is -4.26. The second-order valence-corrected chi connectivity index (χ2v) is 12.6. The minimum atomic E-state index is -4.89. The van der Waals surface area contributed by atoms with Gasteiger partial charge in [0.15, 0.2) is 0 Å². The zero-order valence-corrected chi connectivity index (χ0v) is 26.6. The third kappa shape index (κ3) is 8.44. The number of nitrogens with zero attached hydrogens (tertiary/aromatic N) is 2. The first kappa shape index (κ1) is 34.7. The number of methoxy groups -OCH3 is 1. The van der Waals surface area contributed by atoms with Crippen LogP contribution in [0.25, 0.3) is 0 Å². The first-order valence-electron chi connectivity index (χ1n) is 13.8. The average Bonchev–Trinajstić information content (AvgIpc) is 2.98. The van der Waals surface area contributed by atoms with Crippen molar-refractivity contribution in [3.8, 4) is 5.75 Å². The number of rotatable bonds is 12. The van der Waals surface area contributed by atoms with Crippen LogP contribution in [0.5, 0.6) is 5.75 Å². The smallest absolute Gasteiger partial charge is 0.417 e. The van der Waals surface area contributed by atoms with Gasteiger partial charge in [-0.2, -0.15) is 13.2 Å². The van der Waals surface area contributed by atoms with E-state index in [0.717, 1.165) is 17.7 Å². The molecule has 2 amide bonds. The van der Waals surface area contributed by atoms with Crippen LogP contribution in [0, 0.1) is 6.92 Å². The fourth-order valence-corrected chi connectivity index (χ4v) is 5.86. The number of benzene rings is 3. The molecule has 0 saturated carbocycles. The van der Waals surface area contributed by atoms with Crippen molar-refractivity contribution in [1.29, 1.82) is 0 Å². The van der Waals surface area contributed by atoms with Crippen LogP contribution in [-0.2, 0) is 32.3 Å². The van der Waals surface area contributed by atoms with Crippen molar-refractivity contribution in [2.75, 3.05) is 18.0 Å². The van der Waals surface area contributed by atoms with Gasteiger partial charge in [0.1, 0.15) is 18.3 Å². The van der Waals surface area contributed by atoms with Crippen LogP contribution in [0.1, 0.15) is 43.9 Å². The summed E-state index contributed by atoms with van der Waals surface area (Å²) in [6.45, 7) is 5.94. The minimum Gasteiger partial charge on any atom is -0.497 e. The Bertz CT molecular complexity index is 1570. The highest BCUT2D eigenvalue weighted by atomic mass is 35.5. The van der Waals surface area contributed by atoms with Crippen LogP contribution in [0.4, 0.5) is 18.9 Å². The molecule has 3 aromatic rings. The molecule has 3 aromatic carbocycles. The Hall–Kier alpha value is -3.77. The summed E-state index contributed by atoms with van der Waals surface area (Å²) in [5.41, 5.74) is -0.313. The van der Waals surface area contributed by atoms with Crippen LogP contribution in [-0.4, -0.2) is 50.9 Å². The number of aryl methyl sites for hydroxylation is 1. The van der Waals surface area contributed by atoms with Gasteiger partial charge in [-0.05, 0) is 75.2 Å². The molecule has 0 aliphatic rings. The fraction of sp³-hybridized carbons (Fsp3) is 0.355. The number of alkyl halides is 3. The van der Waals surface area contributed by atoms with E-state index in [2.05, 4.69) is 5.32 Å². The molecule has 0 aliphatic heterocycles. The Kier molecular flexibility index (Phi) is 11.3. The van der Waals surface area contributed by atoms with E-state index in [1.807, 2.05) is 6.92 Å². The number of hydrogen-bond acceptors (Lipinski definition) is 5. The topological polar surface area (TPSA) is 96.0 Å². The number of sulfonamides is 1. The van der Waals surface area contributed by atoms with Gasteiger partial charge in [-0.25, -0.2) is 8.42 Å². The van der Waals surface area contributed by atoms with Crippen molar-refractivity contribution in [2.24, 2.45) is 0 Å². The number of anilines is 1. The first-order chi connectivity index (χ1) is 20.6. The van der Waals surface area contributed by atoms with Crippen molar-refractivity contribution in [1.82, 2.24) is 10.2 Å². The van der Waals surface area contributed by atoms with Crippen LogP contribution in [0.2, 0.25) is 5.02 Å². The summed E-state index contributed by atoms with van der Waals surface area (Å²) >= 11 is 5.82. The molecule has 0 aliphatic carbocycles. The number of hydrogen-bond donors (Lipinski definition) is 1. The predicted octanol–water partition coefficient (Wildman–Crippen LogP) is 6.20. The van der Waals surface area contributed by atoms with Gasteiger partial charge >= 0.3 is 6.18 Å². The number of nitrogens with one attached hydrogen (secondary N) is 1. The molecule has 0 heterocycles. The van der Waals surface area contributed by atoms with Crippen molar-refractivity contribution >= 4 is 39.1 Å². The van der Waals surface area contributed by atoms with Crippen molar-refractivity contribution < 1.29 is 35.9 Å². The number of carbonyl (C=O) groups excluding carboxylic acids is 2. The monoisotopic (exact) mass is 653 g/mol. The van der Waals surface area contributed by atoms with Crippen LogP contribution in [0.3, 0.4) is 0 Å². The SMILES string of the molecule is CC[C@H](C)NC(=O)[C@H](C)N(Cc1ccc(OC)cc1)C(=O)CN(c1ccc(Cl)c(C(F)(F)F)c1)S(=O)(=O)c1ccc(C)cc1. The summed E-state index contributed by atoms with van der Waals surface area (Å²) in [4.78, 5) is 28.1. The molecule has 0 spiro atoms. The maximum absolute atomic E-state index is 14.0. The molecule has 0 bridgehead atoms. The van der Waals surface area contributed by atoms with E-state index in [1.165, 1.54) is 43.2 Å². The maximum atomic E-state index is 14.0. The van der Waals surface area contributed by atoms with E-state index in [0.29, 0.717) is 28.1 Å². The van der Waals surface area contributed by atoms with Gasteiger partial charge in [0, 0.05) is 12.6 Å². The molecule has 0 saturated heterocycles. The van der Waals surface area contributed by atoms with Gasteiger partial charge in [-0.3, -0.25) is 13.9 Å². The lowest BCUT2D eigenvalue weighted by Gasteiger charge is -2.32. The van der Waals surface area contributed by atoms with Crippen LogP contribution < -0.4 is 14.4 Å². The standard InChI is InChI=1S/C31H35ClF3N3O5S/c1-6-21(3)36-30(40)22(4)37(18-23-9-12-25(43-5)13-10-23)29(39)19-38(44(41,42)26-14-7-20(2)8-15-26)24-11-16-28(32)27(17-24)31(33,34)35/h7-17,21-22H,6,18-19H2,1-5H3,(H,36,40)/t21-,22-/m0/s1. The summed E-state index contributed by atoms with van der Waals surface area (Å²) in [5, 5.41) is 2.19. The maximum Gasteiger partial charge on any atom is 0.417 e. The zero-order chi connectivity index (χ0) is 32.8. The highest BCUT2D eigenvalue weighted by molar-refractivity contribution is 7.92. The Morgan fingerprint density at radius 1 is 1.00 bits per heavy atom. The van der Waals surface area contributed by atoms with E-state index >= 15 is 0 Å². The number of amides is 2. The van der Waals surface area contributed by atoms with E-state index < -0.39 is 56.9 Å².